The molecule has 0 atom stereocenters. The quantitative estimate of drug-likeness (QED) is 0.871. The molecule has 1 fully saturated rings. The summed E-state index contributed by atoms with van der Waals surface area (Å²) in [5.41, 5.74) is 1.09. The lowest BCUT2D eigenvalue weighted by molar-refractivity contribution is 0.0201. The van der Waals surface area contributed by atoms with Crippen LogP contribution in [0.15, 0.2) is 18.6 Å². The molecule has 1 aliphatic heterocycles. The average Bonchev–Trinajstić information content (AvgIpc) is 2.46. The molecule has 1 aromatic heterocycles. The highest BCUT2D eigenvalue weighted by molar-refractivity contribution is 5.85. The largest absolute Gasteiger partial charge is 0.444 e. The highest BCUT2D eigenvalue weighted by Gasteiger charge is 2.28. The summed E-state index contributed by atoms with van der Waals surface area (Å²) in [5, 5.41) is 8.24. The highest BCUT2D eigenvalue weighted by atomic mass is 16.6. The molecule has 2 heterocycles. The van der Waals surface area contributed by atoms with Crippen LogP contribution in [0.25, 0.3) is 0 Å². The van der Waals surface area contributed by atoms with Crippen LogP contribution < -0.4 is 0 Å². The number of carbonyl (C=O) groups excluding carboxylic acids is 1. The molecule has 1 amide bonds. The summed E-state index contributed by atoms with van der Waals surface area (Å²) >= 11 is 0. The first-order valence-electron chi connectivity index (χ1n) is 7.65. The SMILES string of the molecule is CC(C)(C)OC(=O)N1CCC(C(=N)Cc2ccncn2)CC1. The van der Waals surface area contributed by atoms with Gasteiger partial charge in [-0.15, -0.1) is 0 Å². The summed E-state index contributed by atoms with van der Waals surface area (Å²) in [4.78, 5) is 21.8. The molecule has 1 saturated heterocycles. The van der Waals surface area contributed by atoms with Crippen molar-refractivity contribution in [3.8, 4) is 0 Å². The predicted molar refractivity (Wildman–Crippen MR) is 84.0 cm³/mol. The van der Waals surface area contributed by atoms with E-state index in [1.165, 1.54) is 6.33 Å². The maximum absolute atomic E-state index is 12.0. The van der Waals surface area contributed by atoms with E-state index in [2.05, 4.69) is 9.97 Å². The van der Waals surface area contributed by atoms with Crippen molar-refractivity contribution >= 4 is 11.8 Å². The van der Waals surface area contributed by atoms with Crippen molar-refractivity contribution in [2.75, 3.05) is 13.1 Å². The van der Waals surface area contributed by atoms with Gasteiger partial charge in [0.2, 0.25) is 0 Å². The van der Waals surface area contributed by atoms with Crippen molar-refractivity contribution in [3.05, 3.63) is 24.3 Å². The van der Waals surface area contributed by atoms with Gasteiger partial charge in [-0.2, -0.15) is 0 Å². The molecular weight excluding hydrogens is 280 g/mol. The van der Waals surface area contributed by atoms with Gasteiger partial charge < -0.3 is 15.0 Å². The second-order valence-electron chi connectivity index (χ2n) is 6.64. The number of amides is 1. The van der Waals surface area contributed by atoms with Crippen LogP contribution in [0.3, 0.4) is 0 Å². The third kappa shape index (κ3) is 4.79. The molecule has 6 nitrogen and oxygen atoms in total. The Morgan fingerprint density at radius 3 is 2.64 bits per heavy atom. The molecule has 0 saturated carbocycles. The zero-order chi connectivity index (χ0) is 16.2. The Balaban J connectivity index is 1.82. The number of hydrogen-bond acceptors (Lipinski definition) is 5. The van der Waals surface area contributed by atoms with Crippen molar-refractivity contribution in [2.24, 2.45) is 5.92 Å². The summed E-state index contributed by atoms with van der Waals surface area (Å²) in [6.07, 6.45) is 5.12. The van der Waals surface area contributed by atoms with Gasteiger partial charge in [-0.1, -0.05) is 0 Å². The maximum atomic E-state index is 12.0. The van der Waals surface area contributed by atoms with Gasteiger partial charge in [0.15, 0.2) is 0 Å². The van der Waals surface area contributed by atoms with Gasteiger partial charge in [-0.05, 0) is 39.7 Å². The van der Waals surface area contributed by atoms with E-state index < -0.39 is 5.60 Å². The number of carbonyl (C=O) groups is 1. The van der Waals surface area contributed by atoms with Crippen LogP contribution in [0.1, 0.15) is 39.3 Å². The van der Waals surface area contributed by atoms with E-state index in [1.54, 1.807) is 11.1 Å². The lowest BCUT2D eigenvalue weighted by Crippen LogP contribution is -2.43. The van der Waals surface area contributed by atoms with Crippen molar-refractivity contribution < 1.29 is 9.53 Å². The van der Waals surface area contributed by atoms with Gasteiger partial charge in [0.05, 0.1) is 0 Å². The third-order valence-electron chi connectivity index (χ3n) is 3.65. The lowest BCUT2D eigenvalue weighted by Gasteiger charge is -2.33. The zero-order valence-electron chi connectivity index (χ0n) is 13.5. The van der Waals surface area contributed by atoms with Crippen LogP contribution >= 0.6 is 0 Å². The van der Waals surface area contributed by atoms with Crippen molar-refractivity contribution in [1.82, 2.24) is 14.9 Å². The number of rotatable bonds is 3. The first kappa shape index (κ1) is 16.4. The van der Waals surface area contributed by atoms with E-state index >= 15 is 0 Å². The Morgan fingerprint density at radius 1 is 1.41 bits per heavy atom. The minimum Gasteiger partial charge on any atom is -0.444 e. The molecular formula is C16H24N4O2. The van der Waals surface area contributed by atoms with Gasteiger partial charge in [-0.3, -0.25) is 0 Å². The Kier molecular flexibility index (Phi) is 5.11. The maximum Gasteiger partial charge on any atom is 0.410 e. The lowest BCUT2D eigenvalue weighted by atomic mass is 9.90. The number of nitrogens with one attached hydrogen (secondary N) is 1. The fourth-order valence-electron chi connectivity index (χ4n) is 2.50. The van der Waals surface area contributed by atoms with E-state index in [0.29, 0.717) is 25.2 Å². The molecule has 0 bridgehead atoms. The number of ether oxygens (including phenoxy) is 1. The molecule has 1 aromatic rings. The molecule has 2 rings (SSSR count). The monoisotopic (exact) mass is 304 g/mol. The van der Waals surface area contributed by atoms with Gasteiger partial charge >= 0.3 is 6.09 Å². The second kappa shape index (κ2) is 6.85. The Bertz CT molecular complexity index is 517. The number of aromatic nitrogens is 2. The molecule has 0 aliphatic carbocycles. The van der Waals surface area contributed by atoms with Crippen LogP contribution in [-0.2, 0) is 11.2 Å². The Labute approximate surface area is 131 Å². The number of piperidine rings is 1. The minimum absolute atomic E-state index is 0.216. The van der Waals surface area contributed by atoms with Gasteiger partial charge in [0.25, 0.3) is 0 Å². The molecule has 0 spiro atoms. The molecule has 0 unspecified atom stereocenters. The van der Waals surface area contributed by atoms with Crippen molar-refractivity contribution in [1.29, 1.82) is 5.41 Å². The van der Waals surface area contributed by atoms with Gasteiger partial charge in [-0.25, -0.2) is 14.8 Å². The molecule has 0 radical (unpaired) electrons. The van der Waals surface area contributed by atoms with E-state index in [1.807, 2.05) is 26.8 Å². The number of hydrogen-bond donors (Lipinski definition) is 1. The molecule has 1 aliphatic rings. The van der Waals surface area contributed by atoms with E-state index in [-0.39, 0.29) is 12.0 Å². The number of likely N-dealkylation sites (tertiary alicyclic amines) is 1. The van der Waals surface area contributed by atoms with E-state index in [9.17, 15) is 4.79 Å². The molecule has 0 aromatic carbocycles. The van der Waals surface area contributed by atoms with E-state index in [4.69, 9.17) is 10.1 Å². The van der Waals surface area contributed by atoms with Gasteiger partial charge in [0, 0.05) is 43.0 Å². The summed E-state index contributed by atoms with van der Waals surface area (Å²) in [6, 6.07) is 1.84. The van der Waals surface area contributed by atoms with Gasteiger partial charge in [0.1, 0.15) is 11.9 Å². The average molecular weight is 304 g/mol. The van der Waals surface area contributed by atoms with Crippen LogP contribution in [-0.4, -0.2) is 45.4 Å². The summed E-state index contributed by atoms with van der Waals surface area (Å²) < 4.78 is 5.38. The fourth-order valence-corrected chi connectivity index (χ4v) is 2.50. The topological polar surface area (TPSA) is 79.2 Å². The van der Waals surface area contributed by atoms with Crippen LogP contribution in [0, 0.1) is 11.3 Å². The summed E-state index contributed by atoms with van der Waals surface area (Å²) in [6.45, 7) is 6.90. The van der Waals surface area contributed by atoms with Crippen LogP contribution in [0.2, 0.25) is 0 Å². The normalized spacial score (nSPS) is 16.4. The van der Waals surface area contributed by atoms with Crippen molar-refractivity contribution in [2.45, 2.75) is 45.6 Å². The van der Waals surface area contributed by atoms with Crippen LogP contribution in [0.5, 0.6) is 0 Å². The van der Waals surface area contributed by atoms with Crippen LogP contribution in [0.4, 0.5) is 4.79 Å². The highest BCUT2D eigenvalue weighted by Crippen LogP contribution is 2.21. The molecule has 1 N–H and O–H groups in total. The Morgan fingerprint density at radius 2 is 2.09 bits per heavy atom. The first-order valence-corrected chi connectivity index (χ1v) is 7.65. The first-order chi connectivity index (χ1) is 10.3. The van der Waals surface area contributed by atoms with E-state index in [0.717, 1.165) is 18.5 Å². The smallest absolute Gasteiger partial charge is 0.410 e. The third-order valence-corrected chi connectivity index (χ3v) is 3.65. The predicted octanol–water partition coefficient (Wildman–Crippen LogP) is 2.69. The second-order valence-corrected chi connectivity index (χ2v) is 6.64. The summed E-state index contributed by atoms with van der Waals surface area (Å²) in [7, 11) is 0. The fraction of sp³-hybridized carbons (Fsp3) is 0.625. The summed E-state index contributed by atoms with van der Waals surface area (Å²) in [5.74, 6) is 0.216. The standard InChI is InChI=1S/C16H24N4O2/c1-16(2,3)22-15(21)20-8-5-12(6-9-20)14(17)10-13-4-7-18-11-19-13/h4,7,11-12,17H,5-6,8-10H2,1-3H3. The van der Waals surface area contributed by atoms with Crippen molar-refractivity contribution in [3.63, 3.8) is 0 Å². The number of nitrogens with zero attached hydrogens (tertiary/aromatic N) is 3. The minimum atomic E-state index is -0.465. The zero-order valence-corrected chi connectivity index (χ0v) is 13.5. The molecule has 22 heavy (non-hydrogen) atoms. The Hall–Kier alpha value is -1.98. The molecule has 120 valence electrons. The molecule has 6 heteroatoms.